The van der Waals surface area contributed by atoms with Crippen LogP contribution in [0.25, 0.3) is 0 Å². The molecule has 3 nitrogen and oxygen atoms in total. The van der Waals surface area contributed by atoms with Gasteiger partial charge in [-0.3, -0.25) is 4.79 Å². The molecule has 108 valence electrons. The first-order chi connectivity index (χ1) is 10.2. The zero-order valence-corrected chi connectivity index (χ0v) is 14.0. The van der Waals surface area contributed by atoms with Crippen LogP contribution in [-0.2, 0) is 6.42 Å². The first-order valence-electron chi connectivity index (χ1n) is 7.03. The Labute approximate surface area is 138 Å². The van der Waals surface area contributed by atoms with E-state index in [4.69, 9.17) is 0 Å². The van der Waals surface area contributed by atoms with Crippen LogP contribution in [0.5, 0.6) is 0 Å². The first-order valence-corrected chi connectivity index (χ1v) is 8.10. The maximum Gasteiger partial charge on any atom is 0.251 e. The Morgan fingerprint density at radius 3 is 2.76 bits per heavy atom. The lowest BCUT2D eigenvalue weighted by atomic mass is 9.92. The highest BCUT2D eigenvalue weighted by molar-refractivity contribution is 14.1. The normalized spacial score (nSPS) is 15.2. The van der Waals surface area contributed by atoms with E-state index in [0.29, 0.717) is 0 Å². The lowest BCUT2D eigenvalue weighted by Gasteiger charge is -2.22. The van der Waals surface area contributed by atoms with E-state index in [1.54, 1.807) is 0 Å². The maximum absolute atomic E-state index is 12.0. The number of nitrogens with one attached hydrogen (secondary N) is 2. The molecule has 1 aliphatic rings. The summed E-state index contributed by atoms with van der Waals surface area (Å²) in [5.41, 5.74) is 4.28. The van der Waals surface area contributed by atoms with Crippen molar-refractivity contribution in [3.05, 3.63) is 68.3 Å². The number of rotatable bonds is 3. The largest absolute Gasteiger partial charge is 0.352 e. The molecule has 0 saturated carbocycles. The molecule has 0 radical (unpaired) electrons. The minimum absolute atomic E-state index is 0.0376. The predicted molar refractivity (Wildman–Crippen MR) is 92.5 cm³/mol. The standard InChI is InChI=1S/C17H17IN2O/c1-19-16(12-3-2-4-14(18)9-12)13-6-5-11-7-8-20-17(21)15(11)10-13/h2-6,9-10,16,19H,7-8H2,1H3,(H,20,21). The second kappa shape index (κ2) is 6.15. The van der Waals surface area contributed by atoms with Gasteiger partial charge >= 0.3 is 0 Å². The molecule has 3 rings (SSSR count). The number of halogens is 1. The van der Waals surface area contributed by atoms with Crippen molar-refractivity contribution in [1.29, 1.82) is 0 Å². The summed E-state index contributed by atoms with van der Waals surface area (Å²) in [4.78, 5) is 12.0. The van der Waals surface area contributed by atoms with E-state index in [-0.39, 0.29) is 11.9 Å². The molecule has 1 unspecified atom stereocenters. The Balaban J connectivity index is 2.02. The lowest BCUT2D eigenvalue weighted by molar-refractivity contribution is 0.0946. The van der Waals surface area contributed by atoms with E-state index in [0.717, 1.165) is 29.7 Å². The minimum atomic E-state index is 0.0376. The number of carbonyl (C=O) groups is 1. The first kappa shape index (κ1) is 14.5. The SMILES string of the molecule is CNC(c1cccc(I)c1)c1ccc2c(c1)C(=O)NCC2. The van der Waals surface area contributed by atoms with Crippen LogP contribution < -0.4 is 10.6 Å². The van der Waals surface area contributed by atoms with Crippen LogP contribution in [0, 0.1) is 3.57 Å². The van der Waals surface area contributed by atoms with Gasteiger partial charge in [0.15, 0.2) is 0 Å². The number of amides is 1. The Morgan fingerprint density at radius 2 is 2.00 bits per heavy atom. The molecule has 0 aliphatic carbocycles. The van der Waals surface area contributed by atoms with Crippen LogP contribution in [0.15, 0.2) is 42.5 Å². The van der Waals surface area contributed by atoms with Crippen molar-refractivity contribution in [1.82, 2.24) is 10.6 Å². The predicted octanol–water partition coefficient (Wildman–Crippen LogP) is 2.89. The van der Waals surface area contributed by atoms with Gasteiger partial charge in [-0.15, -0.1) is 0 Å². The van der Waals surface area contributed by atoms with E-state index in [1.807, 2.05) is 13.1 Å². The van der Waals surface area contributed by atoms with Gasteiger partial charge in [0.2, 0.25) is 0 Å². The van der Waals surface area contributed by atoms with Crippen molar-refractivity contribution in [3.8, 4) is 0 Å². The van der Waals surface area contributed by atoms with Gasteiger partial charge in [-0.1, -0.05) is 24.3 Å². The lowest BCUT2D eigenvalue weighted by Crippen LogP contribution is -2.32. The molecule has 2 aromatic carbocycles. The Kier molecular flexibility index (Phi) is 4.26. The monoisotopic (exact) mass is 392 g/mol. The number of carbonyl (C=O) groups excluding carboxylic acids is 1. The zero-order valence-electron chi connectivity index (χ0n) is 11.8. The Bertz CT molecular complexity index is 684. The van der Waals surface area contributed by atoms with Crippen LogP contribution in [0.3, 0.4) is 0 Å². The molecule has 1 heterocycles. The van der Waals surface area contributed by atoms with Gasteiger partial charge in [0.1, 0.15) is 0 Å². The summed E-state index contributed by atoms with van der Waals surface area (Å²) >= 11 is 2.32. The summed E-state index contributed by atoms with van der Waals surface area (Å²) in [6.45, 7) is 0.734. The highest BCUT2D eigenvalue weighted by atomic mass is 127. The van der Waals surface area contributed by atoms with Gasteiger partial charge in [-0.2, -0.15) is 0 Å². The van der Waals surface area contributed by atoms with Gasteiger partial charge in [-0.05, 0) is 70.9 Å². The number of fused-ring (bicyclic) bond motifs is 1. The summed E-state index contributed by atoms with van der Waals surface area (Å²) in [5, 5.41) is 6.26. The minimum Gasteiger partial charge on any atom is -0.352 e. The molecule has 0 spiro atoms. The highest BCUT2D eigenvalue weighted by Crippen LogP contribution is 2.26. The van der Waals surface area contributed by atoms with Crippen LogP contribution in [-0.4, -0.2) is 19.5 Å². The molecule has 0 aromatic heterocycles. The van der Waals surface area contributed by atoms with E-state index < -0.39 is 0 Å². The third-order valence-corrected chi connectivity index (χ3v) is 4.53. The second-order valence-electron chi connectivity index (χ2n) is 5.20. The van der Waals surface area contributed by atoms with Crippen molar-refractivity contribution >= 4 is 28.5 Å². The fraction of sp³-hybridized carbons (Fsp3) is 0.235. The van der Waals surface area contributed by atoms with Crippen LogP contribution >= 0.6 is 22.6 Å². The second-order valence-corrected chi connectivity index (χ2v) is 6.44. The Morgan fingerprint density at radius 1 is 1.19 bits per heavy atom. The third kappa shape index (κ3) is 2.96. The fourth-order valence-corrected chi connectivity index (χ4v) is 3.39. The van der Waals surface area contributed by atoms with Gasteiger partial charge in [0.25, 0.3) is 5.91 Å². The van der Waals surface area contributed by atoms with Crippen molar-refractivity contribution < 1.29 is 4.79 Å². The molecule has 1 atom stereocenters. The summed E-state index contributed by atoms with van der Waals surface area (Å²) in [7, 11) is 1.95. The van der Waals surface area contributed by atoms with Crippen molar-refractivity contribution in [2.75, 3.05) is 13.6 Å². The maximum atomic E-state index is 12.0. The topological polar surface area (TPSA) is 41.1 Å². The van der Waals surface area contributed by atoms with Crippen LogP contribution in [0.2, 0.25) is 0 Å². The molecule has 0 fully saturated rings. The Hall–Kier alpha value is -1.40. The number of hydrogen-bond acceptors (Lipinski definition) is 2. The average Bonchev–Trinajstić information content (AvgIpc) is 2.49. The summed E-state index contributed by atoms with van der Waals surface area (Å²) in [6, 6.07) is 14.7. The van der Waals surface area contributed by atoms with Gasteiger partial charge < -0.3 is 10.6 Å². The zero-order chi connectivity index (χ0) is 14.8. The quantitative estimate of drug-likeness (QED) is 0.789. The number of hydrogen-bond donors (Lipinski definition) is 2. The smallest absolute Gasteiger partial charge is 0.251 e. The average molecular weight is 392 g/mol. The van der Waals surface area contributed by atoms with E-state index in [2.05, 4.69) is 69.6 Å². The highest BCUT2D eigenvalue weighted by Gasteiger charge is 2.19. The summed E-state index contributed by atoms with van der Waals surface area (Å²) in [6.07, 6.45) is 0.912. The van der Waals surface area contributed by atoms with Crippen molar-refractivity contribution in [2.24, 2.45) is 0 Å². The third-order valence-electron chi connectivity index (χ3n) is 3.86. The molecular formula is C17H17IN2O. The van der Waals surface area contributed by atoms with Gasteiger partial charge in [0, 0.05) is 15.7 Å². The molecule has 2 N–H and O–H groups in total. The van der Waals surface area contributed by atoms with E-state index in [1.165, 1.54) is 9.13 Å². The molecule has 2 aromatic rings. The molecule has 0 bridgehead atoms. The molecule has 4 heteroatoms. The van der Waals surface area contributed by atoms with Crippen molar-refractivity contribution in [3.63, 3.8) is 0 Å². The van der Waals surface area contributed by atoms with Gasteiger partial charge in [-0.25, -0.2) is 0 Å². The fourth-order valence-electron chi connectivity index (χ4n) is 2.82. The number of benzene rings is 2. The molecular weight excluding hydrogens is 375 g/mol. The van der Waals surface area contributed by atoms with Crippen LogP contribution in [0.1, 0.15) is 33.1 Å². The molecule has 1 amide bonds. The van der Waals surface area contributed by atoms with E-state index in [9.17, 15) is 4.79 Å². The molecule has 1 aliphatic heterocycles. The molecule has 21 heavy (non-hydrogen) atoms. The van der Waals surface area contributed by atoms with Crippen molar-refractivity contribution in [2.45, 2.75) is 12.5 Å². The van der Waals surface area contributed by atoms with Gasteiger partial charge in [0.05, 0.1) is 6.04 Å². The summed E-state index contributed by atoms with van der Waals surface area (Å²) in [5.74, 6) is 0.0376. The molecule has 0 saturated heterocycles. The van der Waals surface area contributed by atoms with E-state index >= 15 is 0 Å². The summed E-state index contributed by atoms with van der Waals surface area (Å²) < 4.78 is 1.21. The van der Waals surface area contributed by atoms with Crippen LogP contribution in [0.4, 0.5) is 0 Å².